The molecule has 0 aliphatic heterocycles. The molecule has 0 spiro atoms. The Labute approximate surface area is 91.8 Å². The monoisotopic (exact) mass is 258 g/mol. The lowest BCUT2D eigenvalue weighted by molar-refractivity contribution is -0.276. The quantitative estimate of drug-likeness (QED) is 0.814. The van der Waals surface area contributed by atoms with Gasteiger partial charge in [0.05, 0.1) is 0 Å². The van der Waals surface area contributed by atoms with Gasteiger partial charge in [-0.3, -0.25) is 0 Å². The van der Waals surface area contributed by atoms with Crippen molar-refractivity contribution in [1.29, 1.82) is 0 Å². The molecule has 0 saturated heterocycles. The van der Waals surface area contributed by atoms with Crippen LogP contribution in [0.2, 0.25) is 0 Å². The van der Waals surface area contributed by atoms with E-state index in [9.17, 15) is 27.1 Å². The molecule has 1 rings (SSSR count). The molecule has 0 bridgehead atoms. The summed E-state index contributed by atoms with van der Waals surface area (Å²) in [5.41, 5.74) is 3.57. The van der Waals surface area contributed by atoms with Gasteiger partial charge in [-0.2, -0.15) is 0 Å². The third-order valence-corrected chi connectivity index (χ3v) is 1.72. The Kier molecular flexibility index (Phi) is 3.71. The highest BCUT2D eigenvalue weighted by molar-refractivity contribution is 5.40. The number of rotatable bonds is 3. The van der Waals surface area contributed by atoms with E-state index < -0.39 is 36.7 Å². The number of aromatic nitrogens is 1. The van der Waals surface area contributed by atoms with E-state index in [1.807, 2.05) is 0 Å². The molecule has 0 aromatic carbocycles. The lowest BCUT2D eigenvalue weighted by Crippen LogP contribution is -2.18. The first-order chi connectivity index (χ1) is 7.74. The molecule has 0 saturated carbocycles. The number of ether oxygens (including phenoxy) is 1. The third-order valence-electron chi connectivity index (χ3n) is 1.72. The van der Waals surface area contributed by atoms with Gasteiger partial charge in [0.25, 0.3) is 6.43 Å². The van der Waals surface area contributed by atoms with Crippen LogP contribution in [-0.2, 0) is 6.54 Å². The predicted octanol–water partition coefficient (Wildman–Crippen LogP) is 2.08. The van der Waals surface area contributed by atoms with E-state index in [-0.39, 0.29) is 5.56 Å². The molecule has 1 heterocycles. The summed E-state index contributed by atoms with van der Waals surface area (Å²) < 4.78 is 63.7. The fourth-order valence-corrected chi connectivity index (χ4v) is 1.06. The zero-order valence-electron chi connectivity index (χ0n) is 8.13. The molecule has 0 radical (unpaired) electrons. The van der Waals surface area contributed by atoms with Crippen molar-refractivity contribution in [3.8, 4) is 11.6 Å². The van der Waals surface area contributed by atoms with E-state index in [1.54, 1.807) is 0 Å². The number of nitrogens with two attached hydrogens (primary N) is 1. The second-order valence-corrected chi connectivity index (χ2v) is 2.91. The van der Waals surface area contributed by atoms with Crippen LogP contribution in [0.15, 0.2) is 6.07 Å². The Balaban J connectivity index is 3.21. The first-order valence-corrected chi connectivity index (χ1v) is 4.21. The van der Waals surface area contributed by atoms with E-state index in [0.717, 1.165) is 0 Å². The van der Waals surface area contributed by atoms with Gasteiger partial charge in [0.1, 0.15) is 5.75 Å². The second-order valence-electron chi connectivity index (χ2n) is 2.91. The zero-order chi connectivity index (χ0) is 13.2. The molecule has 1 aromatic heterocycles. The van der Waals surface area contributed by atoms with Gasteiger partial charge >= 0.3 is 6.36 Å². The van der Waals surface area contributed by atoms with Crippen LogP contribution in [0.3, 0.4) is 0 Å². The fraction of sp³-hybridized carbons (Fsp3) is 0.375. The molecular formula is C8H7F5N2O2. The average molecular weight is 258 g/mol. The van der Waals surface area contributed by atoms with Crippen molar-refractivity contribution in [2.45, 2.75) is 19.3 Å². The lowest BCUT2D eigenvalue weighted by atomic mass is 10.2. The van der Waals surface area contributed by atoms with E-state index in [1.165, 1.54) is 0 Å². The molecule has 0 atom stereocenters. The summed E-state index contributed by atoms with van der Waals surface area (Å²) in [4.78, 5) is 2.87. The van der Waals surface area contributed by atoms with Gasteiger partial charge in [-0.1, -0.05) is 0 Å². The minimum atomic E-state index is -5.06. The highest BCUT2D eigenvalue weighted by atomic mass is 19.4. The van der Waals surface area contributed by atoms with E-state index in [0.29, 0.717) is 6.07 Å². The van der Waals surface area contributed by atoms with Gasteiger partial charge in [0.2, 0.25) is 5.88 Å². The highest BCUT2D eigenvalue weighted by Gasteiger charge is 2.33. The first-order valence-electron chi connectivity index (χ1n) is 4.21. The van der Waals surface area contributed by atoms with E-state index in [4.69, 9.17) is 5.73 Å². The van der Waals surface area contributed by atoms with Crippen LogP contribution < -0.4 is 10.5 Å². The maximum atomic E-state index is 12.4. The van der Waals surface area contributed by atoms with Crippen molar-refractivity contribution in [3.05, 3.63) is 17.3 Å². The van der Waals surface area contributed by atoms with Crippen molar-refractivity contribution in [2.75, 3.05) is 0 Å². The van der Waals surface area contributed by atoms with Crippen molar-refractivity contribution in [3.63, 3.8) is 0 Å². The lowest BCUT2D eigenvalue weighted by Gasteiger charge is -2.12. The third kappa shape index (κ3) is 3.41. The largest absolute Gasteiger partial charge is 0.574 e. The summed E-state index contributed by atoms with van der Waals surface area (Å²) >= 11 is 0. The molecule has 4 nitrogen and oxygen atoms in total. The summed E-state index contributed by atoms with van der Waals surface area (Å²) in [6.07, 6.45) is -8.30. The van der Waals surface area contributed by atoms with Gasteiger partial charge in [0.15, 0.2) is 5.69 Å². The number of hydrogen-bond acceptors (Lipinski definition) is 4. The smallest absolute Gasteiger partial charge is 0.505 e. The van der Waals surface area contributed by atoms with Gasteiger partial charge in [-0.25, -0.2) is 13.8 Å². The summed E-state index contributed by atoms with van der Waals surface area (Å²) in [6, 6.07) is 0.648. The van der Waals surface area contributed by atoms with Crippen LogP contribution >= 0.6 is 0 Å². The van der Waals surface area contributed by atoms with Crippen LogP contribution in [0.1, 0.15) is 17.7 Å². The SMILES string of the molecule is NCc1cc(OC(F)(F)F)nc(C(F)F)c1O. The van der Waals surface area contributed by atoms with E-state index >= 15 is 0 Å². The predicted molar refractivity (Wildman–Crippen MR) is 45.4 cm³/mol. The Hall–Kier alpha value is -1.64. The van der Waals surface area contributed by atoms with Gasteiger partial charge in [0, 0.05) is 18.2 Å². The summed E-state index contributed by atoms with van der Waals surface area (Å²) in [5.74, 6) is -2.02. The molecule has 0 fully saturated rings. The molecule has 0 aliphatic carbocycles. The maximum absolute atomic E-state index is 12.4. The Morgan fingerprint density at radius 3 is 2.41 bits per heavy atom. The Bertz CT molecular complexity index is 408. The van der Waals surface area contributed by atoms with Crippen LogP contribution in [0, 0.1) is 0 Å². The van der Waals surface area contributed by atoms with Gasteiger partial charge < -0.3 is 15.6 Å². The molecule has 0 unspecified atom stereocenters. The zero-order valence-corrected chi connectivity index (χ0v) is 8.13. The number of pyridine rings is 1. The van der Waals surface area contributed by atoms with Crippen molar-refractivity contribution in [2.24, 2.45) is 5.73 Å². The second kappa shape index (κ2) is 4.70. The Morgan fingerprint density at radius 2 is 2.00 bits per heavy atom. The van der Waals surface area contributed by atoms with Crippen LogP contribution in [0.4, 0.5) is 22.0 Å². The van der Waals surface area contributed by atoms with Crippen LogP contribution in [-0.4, -0.2) is 16.5 Å². The molecule has 3 N–H and O–H groups in total. The summed E-state index contributed by atoms with van der Waals surface area (Å²) in [5, 5.41) is 9.22. The molecule has 1 aromatic rings. The summed E-state index contributed by atoms with van der Waals surface area (Å²) in [6.45, 7) is -0.428. The molecule has 96 valence electrons. The molecule has 0 aliphatic rings. The van der Waals surface area contributed by atoms with Crippen LogP contribution in [0.5, 0.6) is 11.6 Å². The van der Waals surface area contributed by atoms with Crippen molar-refractivity contribution >= 4 is 0 Å². The minimum Gasteiger partial charge on any atom is -0.505 e. The van der Waals surface area contributed by atoms with Crippen molar-refractivity contribution < 1.29 is 31.8 Å². The number of halogens is 5. The number of alkyl halides is 5. The maximum Gasteiger partial charge on any atom is 0.574 e. The summed E-state index contributed by atoms with van der Waals surface area (Å²) in [7, 11) is 0. The topological polar surface area (TPSA) is 68.4 Å². The molecule has 17 heavy (non-hydrogen) atoms. The number of aromatic hydroxyl groups is 1. The minimum absolute atomic E-state index is 0.311. The molecular weight excluding hydrogens is 251 g/mol. The normalized spacial score (nSPS) is 11.9. The van der Waals surface area contributed by atoms with Crippen molar-refractivity contribution in [1.82, 2.24) is 4.98 Å². The fourth-order valence-electron chi connectivity index (χ4n) is 1.06. The van der Waals surface area contributed by atoms with E-state index in [2.05, 4.69) is 9.72 Å². The van der Waals surface area contributed by atoms with Gasteiger partial charge in [-0.05, 0) is 0 Å². The van der Waals surface area contributed by atoms with Crippen LogP contribution in [0.25, 0.3) is 0 Å². The van der Waals surface area contributed by atoms with Gasteiger partial charge in [-0.15, -0.1) is 13.2 Å². The number of hydrogen-bond donors (Lipinski definition) is 2. The molecule has 0 amide bonds. The standard InChI is InChI=1S/C8H7F5N2O2/c9-7(10)5-6(16)3(2-14)1-4(15-5)17-8(11,12)13/h1,7,16H,2,14H2. The highest BCUT2D eigenvalue weighted by Crippen LogP contribution is 2.33. The average Bonchev–Trinajstić information content (AvgIpc) is 2.17. The Morgan fingerprint density at radius 1 is 1.41 bits per heavy atom. The number of nitrogens with zero attached hydrogens (tertiary/aromatic N) is 1. The molecule has 9 heteroatoms. The first kappa shape index (κ1) is 13.4.